The Bertz CT molecular complexity index is 570. The van der Waals surface area contributed by atoms with Crippen LogP contribution in [-0.4, -0.2) is 12.4 Å². The van der Waals surface area contributed by atoms with Crippen molar-refractivity contribution in [2.24, 2.45) is 0 Å². The standard InChI is InChI=1S/C15H14O2/c1-3-8-17-15-10-13-7-5-4-6-12(13)9-14(15)11(2)16/h3-7,9-10H,1,8H2,2H3. The van der Waals surface area contributed by atoms with E-state index in [-0.39, 0.29) is 5.78 Å². The topological polar surface area (TPSA) is 26.3 Å². The van der Waals surface area contributed by atoms with Gasteiger partial charge in [0, 0.05) is 0 Å². The van der Waals surface area contributed by atoms with Gasteiger partial charge in [-0.05, 0) is 29.8 Å². The third-order valence-electron chi connectivity index (χ3n) is 2.58. The quantitative estimate of drug-likeness (QED) is 0.588. The maximum atomic E-state index is 11.6. The van der Waals surface area contributed by atoms with Crippen LogP contribution in [0, 0.1) is 0 Å². The molecule has 0 radical (unpaired) electrons. The Hall–Kier alpha value is -2.09. The van der Waals surface area contributed by atoms with E-state index in [4.69, 9.17) is 4.74 Å². The van der Waals surface area contributed by atoms with E-state index < -0.39 is 0 Å². The number of benzene rings is 2. The van der Waals surface area contributed by atoms with E-state index >= 15 is 0 Å². The molecule has 0 fully saturated rings. The molecule has 2 aromatic carbocycles. The van der Waals surface area contributed by atoms with Crippen molar-refractivity contribution in [1.29, 1.82) is 0 Å². The van der Waals surface area contributed by atoms with E-state index in [2.05, 4.69) is 6.58 Å². The van der Waals surface area contributed by atoms with Crippen LogP contribution in [0.4, 0.5) is 0 Å². The Labute approximate surface area is 101 Å². The summed E-state index contributed by atoms with van der Waals surface area (Å²) in [6, 6.07) is 11.7. The van der Waals surface area contributed by atoms with E-state index in [1.807, 2.05) is 36.4 Å². The van der Waals surface area contributed by atoms with Gasteiger partial charge in [0.2, 0.25) is 0 Å². The molecule has 17 heavy (non-hydrogen) atoms. The molecule has 0 spiro atoms. The van der Waals surface area contributed by atoms with Crippen LogP contribution < -0.4 is 4.74 Å². The minimum atomic E-state index is 0.00909. The first-order valence-corrected chi connectivity index (χ1v) is 5.50. The fraction of sp³-hybridized carbons (Fsp3) is 0.133. The summed E-state index contributed by atoms with van der Waals surface area (Å²) in [6.45, 7) is 5.55. The molecular weight excluding hydrogens is 212 g/mol. The molecule has 0 aliphatic rings. The van der Waals surface area contributed by atoms with Gasteiger partial charge in [0.1, 0.15) is 12.4 Å². The predicted octanol–water partition coefficient (Wildman–Crippen LogP) is 3.61. The van der Waals surface area contributed by atoms with Crippen LogP contribution in [0.5, 0.6) is 5.75 Å². The molecule has 0 N–H and O–H groups in total. The van der Waals surface area contributed by atoms with E-state index in [0.29, 0.717) is 17.9 Å². The van der Waals surface area contributed by atoms with Crippen molar-refractivity contribution >= 4 is 16.6 Å². The van der Waals surface area contributed by atoms with Gasteiger partial charge in [-0.15, -0.1) is 0 Å². The fourth-order valence-corrected chi connectivity index (χ4v) is 1.76. The third kappa shape index (κ3) is 2.36. The zero-order chi connectivity index (χ0) is 12.3. The summed E-state index contributed by atoms with van der Waals surface area (Å²) in [5.41, 5.74) is 0.616. The van der Waals surface area contributed by atoms with Crippen LogP contribution in [-0.2, 0) is 0 Å². The lowest BCUT2D eigenvalue weighted by Gasteiger charge is -2.09. The first-order chi connectivity index (χ1) is 8.22. The van der Waals surface area contributed by atoms with E-state index in [1.54, 1.807) is 13.0 Å². The van der Waals surface area contributed by atoms with Crippen LogP contribution >= 0.6 is 0 Å². The Morgan fingerprint density at radius 2 is 1.94 bits per heavy atom. The maximum Gasteiger partial charge on any atom is 0.163 e. The lowest BCUT2D eigenvalue weighted by atomic mass is 10.0. The minimum Gasteiger partial charge on any atom is -0.489 e. The Morgan fingerprint density at radius 1 is 1.29 bits per heavy atom. The van der Waals surface area contributed by atoms with Gasteiger partial charge in [-0.1, -0.05) is 36.9 Å². The average molecular weight is 226 g/mol. The number of hydrogen-bond donors (Lipinski definition) is 0. The average Bonchev–Trinajstić information content (AvgIpc) is 2.35. The van der Waals surface area contributed by atoms with Crippen LogP contribution in [0.2, 0.25) is 0 Å². The van der Waals surface area contributed by atoms with Crippen LogP contribution in [0.15, 0.2) is 49.1 Å². The summed E-state index contributed by atoms with van der Waals surface area (Å²) in [7, 11) is 0. The lowest BCUT2D eigenvalue weighted by Crippen LogP contribution is -2.01. The number of ketones is 1. The monoisotopic (exact) mass is 226 g/mol. The van der Waals surface area contributed by atoms with Crippen LogP contribution in [0.1, 0.15) is 17.3 Å². The molecule has 0 bridgehead atoms. The summed E-state index contributed by atoms with van der Waals surface area (Å²) in [4.78, 5) is 11.6. The molecule has 0 saturated carbocycles. The molecule has 0 atom stereocenters. The second-order valence-electron chi connectivity index (χ2n) is 3.85. The normalized spacial score (nSPS) is 10.2. The highest BCUT2D eigenvalue weighted by Gasteiger charge is 2.09. The molecule has 0 unspecified atom stereocenters. The highest BCUT2D eigenvalue weighted by Crippen LogP contribution is 2.26. The second kappa shape index (κ2) is 4.83. The van der Waals surface area contributed by atoms with Crippen molar-refractivity contribution < 1.29 is 9.53 Å². The largest absolute Gasteiger partial charge is 0.489 e. The molecule has 86 valence electrons. The van der Waals surface area contributed by atoms with E-state index in [9.17, 15) is 4.79 Å². The number of rotatable bonds is 4. The zero-order valence-corrected chi connectivity index (χ0v) is 9.77. The summed E-state index contributed by atoms with van der Waals surface area (Å²) in [6.07, 6.45) is 1.67. The van der Waals surface area contributed by atoms with Crippen LogP contribution in [0.3, 0.4) is 0 Å². The highest BCUT2D eigenvalue weighted by molar-refractivity contribution is 6.01. The molecule has 0 heterocycles. The Balaban J connectivity index is 2.57. The van der Waals surface area contributed by atoms with E-state index in [0.717, 1.165) is 10.8 Å². The van der Waals surface area contributed by atoms with Gasteiger partial charge in [-0.25, -0.2) is 0 Å². The molecular formula is C15H14O2. The molecule has 2 aromatic rings. The summed E-state index contributed by atoms with van der Waals surface area (Å²) >= 11 is 0. The molecule has 0 aliphatic heterocycles. The van der Waals surface area contributed by atoms with Gasteiger partial charge in [0.05, 0.1) is 5.56 Å². The van der Waals surface area contributed by atoms with Crippen molar-refractivity contribution in [3.05, 3.63) is 54.6 Å². The SMILES string of the molecule is C=CCOc1cc2ccccc2cc1C(C)=O. The highest BCUT2D eigenvalue weighted by atomic mass is 16.5. The number of hydrogen-bond acceptors (Lipinski definition) is 2. The molecule has 0 aliphatic carbocycles. The Morgan fingerprint density at radius 3 is 2.53 bits per heavy atom. The molecule has 2 rings (SSSR count). The number of carbonyl (C=O) groups excluding carboxylic acids is 1. The third-order valence-corrected chi connectivity index (χ3v) is 2.58. The number of fused-ring (bicyclic) bond motifs is 1. The molecule has 0 saturated heterocycles. The van der Waals surface area contributed by atoms with Gasteiger partial charge >= 0.3 is 0 Å². The maximum absolute atomic E-state index is 11.6. The van der Waals surface area contributed by atoms with Crippen molar-refractivity contribution in [3.63, 3.8) is 0 Å². The number of ether oxygens (including phenoxy) is 1. The first-order valence-electron chi connectivity index (χ1n) is 5.50. The minimum absolute atomic E-state index is 0.00909. The van der Waals surface area contributed by atoms with E-state index in [1.165, 1.54) is 0 Å². The molecule has 2 nitrogen and oxygen atoms in total. The second-order valence-corrected chi connectivity index (χ2v) is 3.85. The van der Waals surface area contributed by atoms with Crippen molar-refractivity contribution in [3.8, 4) is 5.75 Å². The molecule has 2 heteroatoms. The molecule has 0 aromatic heterocycles. The van der Waals surface area contributed by atoms with Crippen LogP contribution in [0.25, 0.3) is 10.8 Å². The summed E-state index contributed by atoms with van der Waals surface area (Å²) < 4.78 is 5.52. The Kier molecular flexibility index (Phi) is 3.24. The lowest BCUT2D eigenvalue weighted by molar-refractivity contribution is 0.101. The number of carbonyl (C=O) groups is 1. The van der Waals surface area contributed by atoms with Gasteiger partial charge in [-0.2, -0.15) is 0 Å². The smallest absolute Gasteiger partial charge is 0.163 e. The van der Waals surface area contributed by atoms with Crippen molar-refractivity contribution in [2.45, 2.75) is 6.92 Å². The van der Waals surface area contributed by atoms with Gasteiger partial charge < -0.3 is 4.74 Å². The van der Waals surface area contributed by atoms with Gasteiger partial charge in [-0.3, -0.25) is 4.79 Å². The summed E-state index contributed by atoms with van der Waals surface area (Å²) in [5, 5.41) is 2.11. The van der Waals surface area contributed by atoms with Crippen molar-refractivity contribution in [2.75, 3.05) is 6.61 Å². The fourth-order valence-electron chi connectivity index (χ4n) is 1.76. The first kappa shape index (κ1) is 11.4. The number of Topliss-reactive ketones (excluding diaryl/α,β-unsaturated/α-hetero) is 1. The van der Waals surface area contributed by atoms with Gasteiger partial charge in [0.15, 0.2) is 5.78 Å². The predicted molar refractivity (Wildman–Crippen MR) is 69.6 cm³/mol. The summed E-state index contributed by atoms with van der Waals surface area (Å²) in [5.74, 6) is 0.630. The molecule has 0 amide bonds. The van der Waals surface area contributed by atoms with Gasteiger partial charge in [0.25, 0.3) is 0 Å². The van der Waals surface area contributed by atoms with Crippen molar-refractivity contribution in [1.82, 2.24) is 0 Å². The zero-order valence-electron chi connectivity index (χ0n) is 9.77.